The summed E-state index contributed by atoms with van der Waals surface area (Å²) >= 11 is 6.21. The Labute approximate surface area is 351 Å². The van der Waals surface area contributed by atoms with Gasteiger partial charge in [0.2, 0.25) is 0 Å². The molecule has 2 aliphatic heterocycles. The van der Waals surface area contributed by atoms with Crippen molar-refractivity contribution in [1.29, 1.82) is 0 Å². The number of nitrogens with one attached hydrogen (secondary N) is 3. The molecule has 4 N–H and O–H groups in total. The molecular formula is C45H53ClN6O6S. The topological polar surface area (TPSA) is 149 Å². The number of aryl methyl sites for hydroxylation is 1. The number of nitrogens with zero attached hydrogens (tertiary/aromatic N) is 3. The molecule has 1 aliphatic carbocycles. The van der Waals surface area contributed by atoms with E-state index in [1.54, 1.807) is 36.7 Å². The van der Waals surface area contributed by atoms with Gasteiger partial charge < -0.3 is 29.8 Å². The first kappa shape index (κ1) is 41.1. The van der Waals surface area contributed by atoms with Crippen LogP contribution in [0.4, 0.5) is 11.4 Å². The van der Waals surface area contributed by atoms with Crippen LogP contribution in [-0.4, -0.2) is 92.4 Å². The lowest BCUT2D eigenvalue weighted by atomic mass is 9.69. The first-order chi connectivity index (χ1) is 28.4. The Hall–Kier alpha value is -4.66. The van der Waals surface area contributed by atoms with E-state index in [0.717, 1.165) is 112 Å². The van der Waals surface area contributed by atoms with Crippen molar-refractivity contribution in [3.05, 3.63) is 107 Å². The quantitative estimate of drug-likeness (QED) is 0.0984. The first-order valence-electron chi connectivity index (χ1n) is 20.6. The first-order valence-corrected chi connectivity index (χ1v) is 22.4. The summed E-state index contributed by atoms with van der Waals surface area (Å²) in [5.41, 5.74) is 3.83. The number of halogens is 1. The van der Waals surface area contributed by atoms with Gasteiger partial charge in [-0.15, -0.1) is 0 Å². The van der Waals surface area contributed by atoms with E-state index >= 15 is 0 Å². The second kappa shape index (κ2) is 17.5. The van der Waals surface area contributed by atoms with Crippen molar-refractivity contribution in [3.63, 3.8) is 0 Å². The smallest absolute Gasteiger partial charge is 0.268 e. The standard InChI is InChI=1S/C45H53ClN6O6S/c1-30-23-38(8-10-41(30)48-27-31-13-21-57-22-14-31)59(55,56)50-44(53)40-9-7-36(25-42(40)58-37-24-33-12-16-47-43(33)49-28-37)52-19-17-51(18-20-52)29-34-26-45(2,54)15-11-39(34)32-3-5-35(46)6-4-32/h3-10,12,16,23-25,28,31,34,39,48,54H,11,13-15,17-22,26-27,29H2,1-2H3,(H,47,49)(H,50,53)/t34-,39-,45?/m1/s1. The van der Waals surface area contributed by atoms with Crippen molar-refractivity contribution < 1.29 is 27.8 Å². The van der Waals surface area contributed by atoms with Crippen LogP contribution in [0.2, 0.25) is 5.02 Å². The summed E-state index contributed by atoms with van der Waals surface area (Å²) in [4.78, 5) is 26.1. The van der Waals surface area contributed by atoms with Gasteiger partial charge in [-0.05, 0) is 129 Å². The number of carbonyl (C=O) groups is 1. The van der Waals surface area contributed by atoms with Crippen LogP contribution in [0.5, 0.6) is 11.5 Å². The summed E-state index contributed by atoms with van der Waals surface area (Å²) in [6.07, 6.45) is 7.78. The molecule has 3 fully saturated rings. The number of fused-ring (bicyclic) bond motifs is 1. The fourth-order valence-electron chi connectivity index (χ4n) is 8.90. The second-order valence-electron chi connectivity index (χ2n) is 16.7. The van der Waals surface area contributed by atoms with Crippen LogP contribution in [0.25, 0.3) is 11.0 Å². The van der Waals surface area contributed by atoms with Gasteiger partial charge in [0.1, 0.15) is 17.1 Å². The Morgan fingerprint density at radius 3 is 2.56 bits per heavy atom. The number of anilines is 2. The highest BCUT2D eigenvalue weighted by molar-refractivity contribution is 7.90. The number of sulfonamides is 1. The van der Waals surface area contributed by atoms with Crippen LogP contribution in [0.3, 0.4) is 0 Å². The fraction of sp³-hybridized carbons (Fsp3) is 0.422. The number of ether oxygens (including phenoxy) is 2. The molecule has 59 heavy (non-hydrogen) atoms. The highest BCUT2D eigenvalue weighted by Crippen LogP contribution is 2.43. The summed E-state index contributed by atoms with van der Waals surface area (Å²) in [7, 11) is -4.23. The Bertz CT molecular complexity index is 2370. The number of aliphatic hydroxyl groups is 1. The fourth-order valence-corrected chi connectivity index (χ4v) is 10.1. The lowest BCUT2D eigenvalue weighted by Gasteiger charge is -2.44. The Balaban J connectivity index is 0.974. The molecule has 2 saturated heterocycles. The van der Waals surface area contributed by atoms with Gasteiger partial charge in [0.05, 0.1) is 22.3 Å². The Morgan fingerprint density at radius 1 is 1.02 bits per heavy atom. The molecule has 1 unspecified atom stereocenters. The number of aromatic nitrogens is 2. The van der Waals surface area contributed by atoms with Crippen molar-refractivity contribution in [1.82, 2.24) is 19.6 Å². The van der Waals surface area contributed by atoms with Gasteiger partial charge in [-0.3, -0.25) is 9.69 Å². The van der Waals surface area contributed by atoms with E-state index in [-0.39, 0.29) is 16.2 Å². The summed E-state index contributed by atoms with van der Waals surface area (Å²) in [6, 6.07) is 22.0. The van der Waals surface area contributed by atoms with Crippen LogP contribution in [0, 0.1) is 18.8 Å². The van der Waals surface area contributed by atoms with Crippen molar-refractivity contribution in [2.24, 2.45) is 11.8 Å². The number of aromatic amines is 1. The zero-order valence-corrected chi connectivity index (χ0v) is 35.2. The number of H-pyrrole nitrogens is 1. The molecule has 14 heteroatoms. The molecule has 3 aliphatic rings. The highest BCUT2D eigenvalue weighted by Gasteiger charge is 2.38. The predicted molar refractivity (Wildman–Crippen MR) is 231 cm³/mol. The van der Waals surface area contributed by atoms with E-state index in [0.29, 0.717) is 29.2 Å². The van der Waals surface area contributed by atoms with Gasteiger partial charge in [0.25, 0.3) is 15.9 Å². The molecule has 3 aromatic carbocycles. The normalized spacial score (nSPS) is 22.0. The van der Waals surface area contributed by atoms with Gasteiger partial charge in [-0.1, -0.05) is 23.7 Å². The minimum absolute atomic E-state index is 0.00429. The van der Waals surface area contributed by atoms with Gasteiger partial charge in [0, 0.05) is 86.5 Å². The minimum Gasteiger partial charge on any atom is -0.455 e. The van der Waals surface area contributed by atoms with E-state index in [9.17, 15) is 18.3 Å². The van der Waals surface area contributed by atoms with E-state index in [2.05, 4.69) is 41.9 Å². The summed E-state index contributed by atoms with van der Waals surface area (Å²) < 4.78 is 41.4. The summed E-state index contributed by atoms with van der Waals surface area (Å²) in [5, 5.41) is 16.1. The third kappa shape index (κ3) is 9.87. The van der Waals surface area contributed by atoms with Gasteiger partial charge in [-0.2, -0.15) is 0 Å². The lowest BCUT2D eigenvalue weighted by Crippen LogP contribution is -2.49. The molecule has 0 spiro atoms. The van der Waals surface area contributed by atoms with Gasteiger partial charge in [-0.25, -0.2) is 18.1 Å². The maximum absolute atomic E-state index is 13.9. The number of benzene rings is 3. The molecule has 8 rings (SSSR count). The maximum atomic E-state index is 13.9. The van der Waals surface area contributed by atoms with E-state index in [1.807, 2.05) is 44.2 Å². The van der Waals surface area contributed by atoms with Crippen LogP contribution in [-0.2, 0) is 14.8 Å². The Kier molecular flexibility index (Phi) is 12.2. The number of rotatable bonds is 12. The van der Waals surface area contributed by atoms with Crippen molar-refractivity contribution in [2.45, 2.75) is 62.4 Å². The zero-order valence-electron chi connectivity index (χ0n) is 33.6. The van der Waals surface area contributed by atoms with Crippen molar-refractivity contribution in [3.8, 4) is 11.5 Å². The predicted octanol–water partition coefficient (Wildman–Crippen LogP) is 7.73. The van der Waals surface area contributed by atoms with Crippen molar-refractivity contribution in [2.75, 3.05) is 62.7 Å². The average molecular weight is 841 g/mol. The van der Waals surface area contributed by atoms with Gasteiger partial charge in [0.15, 0.2) is 0 Å². The Morgan fingerprint density at radius 2 is 1.80 bits per heavy atom. The number of carbonyl (C=O) groups excluding carboxylic acids is 1. The SMILES string of the molecule is Cc1cc(S(=O)(=O)NC(=O)c2ccc(N3CCN(C[C@H]4CC(C)(O)CC[C@@H]4c4ccc(Cl)cc4)CC3)cc2Oc2cnc3[nH]ccc3c2)ccc1NCC1CCOCC1. The molecule has 2 aromatic heterocycles. The average Bonchev–Trinajstić information content (AvgIpc) is 3.69. The molecule has 0 radical (unpaired) electrons. The van der Waals surface area contributed by atoms with Crippen LogP contribution < -0.4 is 19.7 Å². The molecule has 1 amide bonds. The van der Waals surface area contributed by atoms with Crippen LogP contribution in [0.1, 0.15) is 66.4 Å². The molecule has 5 aromatic rings. The number of hydrogen-bond acceptors (Lipinski definition) is 10. The van der Waals surface area contributed by atoms with Gasteiger partial charge >= 0.3 is 0 Å². The summed E-state index contributed by atoms with van der Waals surface area (Å²) in [6.45, 7) is 10.1. The molecule has 1 saturated carbocycles. The van der Waals surface area contributed by atoms with Crippen LogP contribution in [0.15, 0.2) is 90.1 Å². The third-order valence-corrected chi connectivity index (χ3v) is 13.8. The highest BCUT2D eigenvalue weighted by atomic mass is 35.5. The van der Waals surface area contributed by atoms with E-state index in [1.165, 1.54) is 11.6 Å². The molecule has 312 valence electrons. The lowest BCUT2D eigenvalue weighted by molar-refractivity contribution is -0.0146. The second-order valence-corrected chi connectivity index (χ2v) is 18.8. The zero-order chi connectivity index (χ0) is 41.1. The minimum atomic E-state index is -4.23. The molecule has 0 bridgehead atoms. The molecule has 12 nitrogen and oxygen atoms in total. The summed E-state index contributed by atoms with van der Waals surface area (Å²) in [5.74, 6) is 0.972. The van der Waals surface area contributed by atoms with Crippen LogP contribution >= 0.6 is 11.6 Å². The number of piperazine rings is 1. The third-order valence-electron chi connectivity index (χ3n) is 12.3. The largest absolute Gasteiger partial charge is 0.455 e. The van der Waals surface area contributed by atoms with E-state index in [4.69, 9.17) is 21.1 Å². The number of hydrogen-bond donors (Lipinski definition) is 4. The molecular weight excluding hydrogens is 788 g/mol. The molecule has 4 heterocycles. The maximum Gasteiger partial charge on any atom is 0.268 e. The van der Waals surface area contributed by atoms with Crippen molar-refractivity contribution >= 4 is 49.9 Å². The molecule has 3 atom stereocenters. The monoisotopic (exact) mass is 840 g/mol. The number of pyridine rings is 1. The number of amides is 1. The van der Waals surface area contributed by atoms with E-state index < -0.39 is 21.5 Å².